The molecule has 0 radical (unpaired) electrons. The molecule has 0 aliphatic carbocycles. The van der Waals surface area contributed by atoms with E-state index in [1.165, 1.54) is 18.1 Å². The quantitative estimate of drug-likeness (QED) is 0.890. The molecule has 0 unspecified atom stereocenters. The van der Waals surface area contributed by atoms with Crippen molar-refractivity contribution < 1.29 is 9.59 Å². The van der Waals surface area contributed by atoms with Gasteiger partial charge in [-0.3, -0.25) is 9.59 Å². The molecule has 1 atom stereocenters. The standard InChI is InChI=1S/C13H16N4O2S/c18-12(16-9-3-6-20-13(9)19)10-7-11(15-8-14-10)17-4-1-2-5-17/h7-9H,1-6H2,(H,16,18)/t9-/m1/s1. The third-order valence-corrected chi connectivity index (χ3v) is 4.56. The van der Waals surface area contributed by atoms with Crippen LogP contribution < -0.4 is 10.2 Å². The number of amides is 1. The van der Waals surface area contributed by atoms with Gasteiger partial charge >= 0.3 is 0 Å². The summed E-state index contributed by atoms with van der Waals surface area (Å²) in [5, 5.41) is 2.78. The fourth-order valence-corrected chi connectivity index (χ4v) is 3.38. The largest absolute Gasteiger partial charge is 0.357 e. The van der Waals surface area contributed by atoms with Gasteiger partial charge in [0.05, 0.1) is 6.04 Å². The second kappa shape index (κ2) is 5.78. The highest BCUT2D eigenvalue weighted by molar-refractivity contribution is 8.14. The number of nitrogens with zero attached hydrogens (tertiary/aromatic N) is 3. The van der Waals surface area contributed by atoms with Crippen molar-refractivity contribution in [3.8, 4) is 0 Å². The zero-order valence-electron chi connectivity index (χ0n) is 11.0. The molecule has 2 saturated heterocycles. The Morgan fingerprint density at radius 3 is 2.85 bits per heavy atom. The Kier molecular flexibility index (Phi) is 3.86. The lowest BCUT2D eigenvalue weighted by molar-refractivity contribution is -0.112. The Morgan fingerprint density at radius 2 is 2.15 bits per heavy atom. The Hall–Kier alpha value is -1.63. The van der Waals surface area contributed by atoms with Gasteiger partial charge < -0.3 is 10.2 Å². The zero-order chi connectivity index (χ0) is 13.9. The predicted octanol–water partition coefficient (Wildman–Crippen LogP) is 0.839. The summed E-state index contributed by atoms with van der Waals surface area (Å²) in [4.78, 5) is 34.0. The van der Waals surface area contributed by atoms with Crippen LogP contribution in [-0.2, 0) is 4.79 Å². The van der Waals surface area contributed by atoms with Crippen LogP contribution in [0.1, 0.15) is 29.8 Å². The molecule has 0 saturated carbocycles. The highest BCUT2D eigenvalue weighted by Gasteiger charge is 2.27. The molecule has 1 amide bonds. The molecule has 106 valence electrons. The third kappa shape index (κ3) is 2.77. The number of nitrogens with one attached hydrogen (secondary N) is 1. The number of carbonyl (C=O) groups excluding carboxylic acids is 2. The average Bonchev–Trinajstić information content (AvgIpc) is 3.12. The van der Waals surface area contributed by atoms with Crippen LogP contribution in [0, 0.1) is 0 Å². The first-order valence-electron chi connectivity index (χ1n) is 6.78. The lowest BCUT2D eigenvalue weighted by Gasteiger charge is -2.16. The van der Waals surface area contributed by atoms with E-state index in [0.717, 1.165) is 37.5 Å². The number of rotatable bonds is 3. The van der Waals surface area contributed by atoms with Crippen molar-refractivity contribution in [1.82, 2.24) is 15.3 Å². The number of hydrogen-bond acceptors (Lipinski definition) is 6. The Bertz CT molecular complexity index is 531. The van der Waals surface area contributed by atoms with E-state index in [9.17, 15) is 9.59 Å². The summed E-state index contributed by atoms with van der Waals surface area (Å²) in [7, 11) is 0. The van der Waals surface area contributed by atoms with Crippen molar-refractivity contribution in [3.05, 3.63) is 18.1 Å². The lowest BCUT2D eigenvalue weighted by Crippen LogP contribution is -2.37. The molecule has 1 aromatic rings. The van der Waals surface area contributed by atoms with Crippen molar-refractivity contribution in [1.29, 1.82) is 0 Å². The maximum Gasteiger partial charge on any atom is 0.270 e. The molecule has 3 rings (SSSR count). The predicted molar refractivity (Wildman–Crippen MR) is 76.8 cm³/mol. The molecule has 0 spiro atoms. The zero-order valence-corrected chi connectivity index (χ0v) is 11.9. The number of aromatic nitrogens is 2. The van der Waals surface area contributed by atoms with Crippen LogP contribution in [0.5, 0.6) is 0 Å². The molecule has 3 heterocycles. The molecule has 6 nitrogen and oxygen atoms in total. The van der Waals surface area contributed by atoms with Gasteiger partial charge in [0.15, 0.2) is 0 Å². The van der Waals surface area contributed by atoms with Crippen LogP contribution in [0.3, 0.4) is 0 Å². The first-order valence-corrected chi connectivity index (χ1v) is 7.77. The van der Waals surface area contributed by atoms with Crippen LogP contribution in [0.4, 0.5) is 5.82 Å². The van der Waals surface area contributed by atoms with Gasteiger partial charge in [-0.15, -0.1) is 0 Å². The van der Waals surface area contributed by atoms with Gasteiger partial charge in [0, 0.05) is 24.9 Å². The SMILES string of the molecule is O=C(N[C@@H]1CCSC1=O)c1cc(N2CCCC2)ncn1. The number of anilines is 1. The van der Waals surface area contributed by atoms with Gasteiger partial charge in [-0.2, -0.15) is 0 Å². The maximum absolute atomic E-state index is 12.1. The molecule has 0 aromatic carbocycles. The number of thioether (sulfide) groups is 1. The first-order chi connectivity index (χ1) is 9.74. The summed E-state index contributed by atoms with van der Waals surface area (Å²) in [5.74, 6) is 1.26. The molecule has 1 N–H and O–H groups in total. The second-order valence-electron chi connectivity index (χ2n) is 4.94. The monoisotopic (exact) mass is 292 g/mol. The van der Waals surface area contributed by atoms with E-state index in [0.29, 0.717) is 12.1 Å². The van der Waals surface area contributed by atoms with E-state index >= 15 is 0 Å². The van der Waals surface area contributed by atoms with E-state index in [1.807, 2.05) is 0 Å². The van der Waals surface area contributed by atoms with Crippen LogP contribution in [0.15, 0.2) is 12.4 Å². The smallest absolute Gasteiger partial charge is 0.270 e. The van der Waals surface area contributed by atoms with Crippen molar-refractivity contribution in [2.45, 2.75) is 25.3 Å². The summed E-state index contributed by atoms with van der Waals surface area (Å²) in [6.07, 6.45) is 4.41. The number of carbonyl (C=O) groups is 2. The van der Waals surface area contributed by atoms with E-state index in [1.54, 1.807) is 6.07 Å². The number of hydrogen-bond donors (Lipinski definition) is 1. The van der Waals surface area contributed by atoms with Crippen molar-refractivity contribution in [3.63, 3.8) is 0 Å². The Labute approximate surface area is 121 Å². The maximum atomic E-state index is 12.1. The van der Waals surface area contributed by atoms with E-state index in [-0.39, 0.29) is 17.1 Å². The molecule has 2 aliphatic rings. The van der Waals surface area contributed by atoms with E-state index in [2.05, 4.69) is 20.2 Å². The lowest BCUT2D eigenvalue weighted by atomic mass is 10.2. The van der Waals surface area contributed by atoms with E-state index < -0.39 is 0 Å². The van der Waals surface area contributed by atoms with Crippen LogP contribution in [0.2, 0.25) is 0 Å². The molecule has 20 heavy (non-hydrogen) atoms. The van der Waals surface area contributed by atoms with Crippen LogP contribution in [-0.4, -0.2) is 45.9 Å². The molecule has 2 fully saturated rings. The second-order valence-corrected chi connectivity index (χ2v) is 6.04. The summed E-state index contributed by atoms with van der Waals surface area (Å²) in [6, 6.07) is 1.32. The minimum atomic E-state index is -0.377. The highest BCUT2D eigenvalue weighted by Crippen LogP contribution is 2.20. The topological polar surface area (TPSA) is 75.2 Å². The summed E-state index contributed by atoms with van der Waals surface area (Å²) >= 11 is 1.27. The fourth-order valence-electron chi connectivity index (χ4n) is 2.45. The van der Waals surface area contributed by atoms with Gasteiger partial charge in [-0.25, -0.2) is 9.97 Å². The molecular weight excluding hydrogens is 276 g/mol. The summed E-state index contributed by atoms with van der Waals surface area (Å²) in [5.41, 5.74) is 0.326. The molecular formula is C13H16N4O2S. The molecule has 7 heteroatoms. The normalized spacial score (nSPS) is 22.3. The highest BCUT2D eigenvalue weighted by atomic mass is 32.2. The molecule has 0 bridgehead atoms. The fraction of sp³-hybridized carbons (Fsp3) is 0.538. The van der Waals surface area contributed by atoms with Crippen molar-refractivity contribution in [2.75, 3.05) is 23.7 Å². The summed E-state index contributed by atoms with van der Waals surface area (Å²) < 4.78 is 0. The van der Waals surface area contributed by atoms with Crippen LogP contribution >= 0.6 is 11.8 Å². The molecule has 2 aliphatic heterocycles. The molecule has 1 aromatic heterocycles. The average molecular weight is 292 g/mol. The first kappa shape index (κ1) is 13.4. The van der Waals surface area contributed by atoms with Crippen molar-refractivity contribution >= 4 is 28.6 Å². The van der Waals surface area contributed by atoms with Gasteiger partial charge in [-0.1, -0.05) is 11.8 Å². The van der Waals surface area contributed by atoms with Gasteiger partial charge in [-0.05, 0) is 19.3 Å². The van der Waals surface area contributed by atoms with Gasteiger partial charge in [0.1, 0.15) is 17.8 Å². The Morgan fingerprint density at radius 1 is 1.35 bits per heavy atom. The minimum absolute atomic E-state index is 0.0344. The Balaban J connectivity index is 1.71. The minimum Gasteiger partial charge on any atom is -0.357 e. The van der Waals surface area contributed by atoms with Gasteiger partial charge in [0.2, 0.25) is 5.12 Å². The van der Waals surface area contributed by atoms with E-state index in [4.69, 9.17) is 0 Å². The van der Waals surface area contributed by atoms with Crippen LogP contribution in [0.25, 0.3) is 0 Å². The summed E-state index contributed by atoms with van der Waals surface area (Å²) in [6.45, 7) is 1.94. The van der Waals surface area contributed by atoms with Gasteiger partial charge in [0.25, 0.3) is 5.91 Å². The van der Waals surface area contributed by atoms with Crippen molar-refractivity contribution in [2.24, 2.45) is 0 Å². The third-order valence-electron chi connectivity index (χ3n) is 3.56.